The van der Waals surface area contributed by atoms with Crippen LogP contribution in [0.5, 0.6) is 0 Å². The quantitative estimate of drug-likeness (QED) is 0.799. The number of ether oxygens (including phenoxy) is 1. The van der Waals surface area contributed by atoms with Gasteiger partial charge >= 0.3 is 0 Å². The third-order valence-corrected chi connectivity index (χ3v) is 2.90. The van der Waals surface area contributed by atoms with Crippen molar-refractivity contribution >= 4 is 0 Å². The van der Waals surface area contributed by atoms with Gasteiger partial charge in [-0.2, -0.15) is 4.98 Å². The van der Waals surface area contributed by atoms with E-state index in [2.05, 4.69) is 10.1 Å². The van der Waals surface area contributed by atoms with Gasteiger partial charge < -0.3 is 15.0 Å². The minimum absolute atomic E-state index is 0.181. The molecule has 84 valence electrons. The molecular formula is C10H17N3O2. The van der Waals surface area contributed by atoms with Gasteiger partial charge in [0, 0.05) is 19.6 Å². The Kier molecular flexibility index (Phi) is 3.33. The van der Waals surface area contributed by atoms with Crippen LogP contribution in [0, 0.1) is 0 Å². The summed E-state index contributed by atoms with van der Waals surface area (Å²) < 4.78 is 10.2. The standard InChI is InChI=1S/C10H17N3O2/c1-14-6-5-9-12-10(15-13-9)7-3-2-4-8(7)11/h7-8H,2-6,11H2,1H3/t7-,8-/m1/s1. The van der Waals surface area contributed by atoms with Gasteiger partial charge in [0.1, 0.15) is 0 Å². The molecule has 2 N–H and O–H groups in total. The third-order valence-electron chi connectivity index (χ3n) is 2.90. The predicted octanol–water partition coefficient (Wildman–Crippen LogP) is 0.853. The van der Waals surface area contributed by atoms with Gasteiger partial charge in [-0.1, -0.05) is 11.6 Å². The second kappa shape index (κ2) is 4.72. The first-order chi connectivity index (χ1) is 7.31. The van der Waals surface area contributed by atoms with E-state index in [4.69, 9.17) is 15.0 Å². The first-order valence-corrected chi connectivity index (χ1v) is 5.38. The number of methoxy groups -OCH3 is 1. The average molecular weight is 211 g/mol. The number of hydrogen-bond acceptors (Lipinski definition) is 5. The first kappa shape index (κ1) is 10.6. The van der Waals surface area contributed by atoms with Crippen LogP contribution in [-0.2, 0) is 11.2 Å². The molecule has 0 aromatic carbocycles. The van der Waals surface area contributed by atoms with E-state index in [0.717, 1.165) is 19.3 Å². The fraction of sp³-hybridized carbons (Fsp3) is 0.800. The summed E-state index contributed by atoms with van der Waals surface area (Å²) in [5.74, 6) is 1.67. The van der Waals surface area contributed by atoms with Gasteiger partial charge in [-0.05, 0) is 12.8 Å². The average Bonchev–Trinajstić information content (AvgIpc) is 2.83. The Balaban J connectivity index is 1.99. The highest BCUT2D eigenvalue weighted by atomic mass is 16.5. The number of hydrogen-bond donors (Lipinski definition) is 1. The fourth-order valence-corrected chi connectivity index (χ4v) is 2.01. The lowest BCUT2D eigenvalue weighted by molar-refractivity contribution is 0.199. The molecule has 1 fully saturated rings. The van der Waals surface area contributed by atoms with E-state index in [1.165, 1.54) is 0 Å². The fourth-order valence-electron chi connectivity index (χ4n) is 2.01. The molecule has 0 amide bonds. The van der Waals surface area contributed by atoms with Crippen molar-refractivity contribution in [3.05, 3.63) is 11.7 Å². The molecule has 0 unspecified atom stereocenters. The van der Waals surface area contributed by atoms with Crippen molar-refractivity contribution in [2.75, 3.05) is 13.7 Å². The summed E-state index contributed by atoms with van der Waals surface area (Å²) in [6.07, 6.45) is 3.97. The molecular weight excluding hydrogens is 194 g/mol. The second-order valence-corrected chi connectivity index (χ2v) is 3.99. The van der Waals surface area contributed by atoms with Gasteiger partial charge in [0.2, 0.25) is 5.89 Å². The number of nitrogens with zero attached hydrogens (tertiary/aromatic N) is 2. The lowest BCUT2D eigenvalue weighted by atomic mass is 10.1. The Bertz CT molecular complexity index is 313. The second-order valence-electron chi connectivity index (χ2n) is 3.99. The lowest BCUT2D eigenvalue weighted by Gasteiger charge is -2.08. The largest absolute Gasteiger partial charge is 0.384 e. The molecule has 0 spiro atoms. The third kappa shape index (κ3) is 2.35. The summed E-state index contributed by atoms with van der Waals surface area (Å²) in [7, 11) is 1.66. The number of nitrogens with two attached hydrogens (primary N) is 1. The lowest BCUT2D eigenvalue weighted by Crippen LogP contribution is -2.22. The molecule has 5 heteroatoms. The number of aromatic nitrogens is 2. The Morgan fingerprint density at radius 3 is 3.07 bits per heavy atom. The van der Waals surface area contributed by atoms with Crippen LogP contribution >= 0.6 is 0 Å². The summed E-state index contributed by atoms with van der Waals surface area (Å²) in [4.78, 5) is 4.34. The smallest absolute Gasteiger partial charge is 0.231 e. The van der Waals surface area contributed by atoms with Crippen molar-refractivity contribution in [2.45, 2.75) is 37.6 Å². The maximum atomic E-state index is 5.97. The van der Waals surface area contributed by atoms with E-state index in [1.807, 2.05) is 0 Å². The van der Waals surface area contributed by atoms with Crippen LogP contribution in [0.4, 0.5) is 0 Å². The van der Waals surface area contributed by atoms with Gasteiger partial charge in [0.05, 0.1) is 12.5 Å². The first-order valence-electron chi connectivity index (χ1n) is 5.38. The molecule has 1 aromatic rings. The summed E-state index contributed by atoms with van der Waals surface area (Å²) in [6.45, 7) is 0.621. The Morgan fingerprint density at radius 2 is 2.40 bits per heavy atom. The van der Waals surface area contributed by atoms with Crippen LogP contribution in [0.25, 0.3) is 0 Å². The van der Waals surface area contributed by atoms with Crippen molar-refractivity contribution < 1.29 is 9.26 Å². The van der Waals surface area contributed by atoms with Crippen molar-refractivity contribution in [2.24, 2.45) is 5.73 Å². The molecule has 1 aromatic heterocycles. The van der Waals surface area contributed by atoms with Gasteiger partial charge in [-0.25, -0.2) is 0 Å². The highest BCUT2D eigenvalue weighted by Gasteiger charge is 2.30. The highest BCUT2D eigenvalue weighted by Crippen LogP contribution is 2.32. The van der Waals surface area contributed by atoms with E-state index in [9.17, 15) is 0 Å². The van der Waals surface area contributed by atoms with E-state index in [-0.39, 0.29) is 12.0 Å². The van der Waals surface area contributed by atoms with Crippen LogP contribution in [0.1, 0.15) is 36.9 Å². The zero-order chi connectivity index (χ0) is 10.7. The molecule has 2 rings (SSSR count). The summed E-state index contributed by atoms with van der Waals surface area (Å²) in [6, 6.07) is 0.181. The molecule has 0 radical (unpaired) electrons. The SMILES string of the molecule is COCCc1noc([C@@H]2CCC[C@H]2N)n1. The maximum Gasteiger partial charge on any atom is 0.231 e. The molecule has 0 aliphatic heterocycles. The van der Waals surface area contributed by atoms with Gasteiger partial charge in [0.25, 0.3) is 0 Å². The molecule has 0 saturated heterocycles. The zero-order valence-electron chi connectivity index (χ0n) is 8.98. The van der Waals surface area contributed by atoms with Gasteiger partial charge in [0.15, 0.2) is 5.82 Å². The predicted molar refractivity (Wildman–Crippen MR) is 54.4 cm³/mol. The minimum atomic E-state index is 0.181. The summed E-state index contributed by atoms with van der Waals surface area (Å²) in [5.41, 5.74) is 5.97. The monoisotopic (exact) mass is 211 g/mol. The van der Waals surface area contributed by atoms with Crippen molar-refractivity contribution in [1.29, 1.82) is 0 Å². The van der Waals surface area contributed by atoms with Crippen molar-refractivity contribution in [3.8, 4) is 0 Å². The molecule has 1 heterocycles. The molecule has 2 atom stereocenters. The molecule has 15 heavy (non-hydrogen) atoms. The zero-order valence-corrected chi connectivity index (χ0v) is 8.98. The van der Waals surface area contributed by atoms with Crippen LogP contribution < -0.4 is 5.73 Å². The van der Waals surface area contributed by atoms with Crippen LogP contribution in [0.3, 0.4) is 0 Å². The molecule has 1 aliphatic carbocycles. The summed E-state index contributed by atoms with van der Waals surface area (Å²) >= 11 is 0. The van der Waals surface area contributed by atoms with Crippen LogP contribution in [0.2, 0.25) is 0 Å². The maximum absolute atomic E-state index is 5.97. The molecule has 1 aliphatic rings. The van der Waals surface area contributed by atoms with E-state index in [0.29, 0.717) is 24.7 Å². The molecule has 1 saturated carbocycles. The van der Waals surface area contributed by atoms with Crippen LogP contribution in [-0.4, -0.2) is 29.9 Å². The topological polar surface area (TPSA) is 74.2 Å². The van der Waals surface area contributed by atoms with Gasteiger partial charge in [-0.3, -0.25) is 0 Å². The van der Waals surface area contributed by atoms with Gasteiger partial charge in [-0.15, -0.1) is 0 Å². The molecule has 5 nitrogen and oxygen atoms in total. The Morgan fingerprint density at radius 1 is 1.53 bits per heavy atom. The minimum Gasteiger partial charge on any atom is -0.384 e. The van der Waals surface area contributed by atoms with E-state index in [1.54, 1.807) is 7.11 Å². The van der Waals surface area contributed by atoms with E-state index >= 15 is 0 Å². The number of rotatable bonds is 4. The van der Waals surface area contributed by atoms with E-state index < -0.39 is 0 Å². The Labute approximate surface area is 89.0 Å². The molecule has 0 bridgehead atoms. The van der Waals surface area contributed by atoms with Crippen molar-refractivity contribution in [1.82, 2.24) is 10.1 Å². The van der Waals surface area contributed by atoms with Crippen molar-refractivity contribution in [3.63, 3.8) is 0 Å². The van der Waals surface area contributed by atoms with Crippen LogP contribution in [0.15, 0.2) is 4.52 Å². The summed E-state index contributed by atoms with van der Waals surface area (Å²) in [5, 5.41) is 3.91. The normalized spacial score (nSPS) is 26.0. The highest BCUT2D eigenvalue weighted by molar-refractivity contribution is 5.02. The Hall–Kier alpha value is -0.940.